The van der Waals surface area contributed by atoms with E-state index in [-0.39, 0.29) is 18.0 Å². The lowest BCUT2D eigenvalue weighted by Crippen LogP contribution is -2.45. The first-order chi connectivity index (χ1) is 8.22. The Hall–Kier alpha value is -0.490. The van der Waals surface area contributed by atoms with E-state index >= 15 is 0 Å². The molecule has 0 amide bonds. The third-order valence-corrected chi connectivity index (χ3v) is 3.99. The van der Waals surface area contributed by atoms with Crippen LogP contribution in [0.3, 0.4) is 0 Å². The molecular formula is C12H16BrFN2O. The molecule has 0 spiro atoms. The topological polar surface area (TPSA) is 47.3 Å². The molecule has 1 aromatic rings. The van der Waals surface area contributed by atoms with Gasteiger partial charge in [-0.15, -0.1) is 0 Å². The number of rotatable bonds is 4. The van der Waals surface area contributed by atoms with Crippen molar-refractivity contribution in [3.8, 4) is 0 Å². The molecular weight excluding hydrogens is 287 g/mol. The van der Waals surface area contributed by atoms with Gasteiger partial charge in [-0.3, -0.25) is 11.3 Å². The lowest BCUT2D eigenvalue weighted by Gasteiger charge is -2.22. The molecule has 2 rings (SSSR count). The summed E-state index contributed by atoms with van der Waals surface area (Å²) in [4.78, 5) is 0. The Bertz CT molecular complexity index is 383. The second-order valence-electron chi connectivity index (χ2n) is 4.24. The summed E-state index contributed by atoms with van der Waals surface area (Å²) in [5.74, 6) is 5.30. The van der Waals surface area contributed by atoms with E-state index in [0.29, 0.717) is 10.9 Å². The summed E-state index contributed by atoms with van der Waals surface area (Å²) in [6, 6.07) is 5.06. The molecule has 0 radical (unpaired) electrons. The molecule has 0 saturated carbocycles. The van der Waals surface area contributed by atoms with Crippen LogP contribution >= 0.6 is 15.9 Å². The van der Waals surface area contributed by atoms with E-state index in [1.807, 2.05) is 6.07 Å². The summed E-state index contributed by atoms with van der Waals surface area (Å²) in [6.07, 6.45) is 2.84. The van der Waals surface area contributed by atoms with E-state index in [0.717, 1.165) is 25.0 Å². The van der Waals surface area contributed by atoms with Crippen LogP contribution in [-0.2, 0) is 11.2 Å². The number of hydrogen-bond acceptors (Lipinski definition) is 3. The lowest BCUT2D eigenvalue weighted by atomic mass is 10.00. The second kappa shape index (κ2) is 5.91. The number of benzene rings is 1. The number of halogens is 2. The summed E-state index contributed by atoms with van der Waals surface area (Å²) in [6.45, 7) is 0.785. The molecule has 94 valence electrons. The van der Waals surface area contributed by atoms with Crippen LogP contribution in [0.4, 0.5) is 4.39 Å². The highest BCUT2D eigenvalue weighted by Gasteiger charge is 2.25. The quantitative estimate of drug-likeness (QED) is 0.662. The molecule has 2 atom stereocenters. The first kappa shape index (κ1) is 13.0. The predicted octanol–water partition coefficient (Wildman–Crippen LogP) is 2.14. The Morgan fingerprint density at radius 3 is 3.06 bits per heavy atom. The normalized spacial score (nSPS) is 21.7. The maximum absolute atomic E-state index is 13.4. The number of hydrazine groups is 1. The van der Waals surface area contributed by atoms with Crippen molar-refractivity contribution >= 4 is 15.9 Å². The minimum Gasteiger partial charge on any atom is -0.377 e. The fraction of sp³-hybridized carbons (Fsp3) is 0.500. The molecule has 1 aliphatic heterocycles. The molecule has 1 fully saturated rings. The van der Waals surface area contributed by atoms with E-state index in [4.69, 9.17) is 10.6 Å². The van der Waals surface area contributed by atoms with Crippen LogP contribution in [-0.4, -0.2) is 18.8 Å². The summed E-state index contributed by atoms with van der Waals surface area (Å²) in [5.41, 5.74) is 3.68. The van der Waals surface area contributed by atoms with Crippen LogP contribution in [0.5, 0.6) is 0 Å². The molecule has 2 unspecified atom stereocenters. The first-order valence-corrected chi connectivity index (χ1v) is 6.52. The van der Waals surface area contributed by atoms with Gasteiger partial charge in [0.15, 0.2) is 0 Å². The number of nitrogens with one attached hydrogen (secondary N) is 1. The fourth-order valence-corrected chi connectivity index (χ4v) is 2.59. The molecule has 1 saturated heterocycles. The highest BCUT2D eigenvalue weighted by Crippen LogP contribution is 2.24. The van der Waals surface area contributed by atoms with E-state index in [9.17, 15) is 4.39 Å². The molecule has 1 aromatic carbocycles. The maximum atomic E-state index is 13.4. The minimum atomic E-state index is -0.245. The van der Waals surface area contributed by atoms with E-state index in [1.54, 1.807) is 6.07 Å². The van der Waals surface area contributed by atoms with E-state index < -0.39 is 0 Å². The first-order valence-electron chi connectivity index (χ1n) is 5.73. The van der Waals surface area contributed by atoms with Gasteiger partial charge in [0, 0.05) is 6.61 Å². The average Bonchev–Trinajstić information content (AvgIpc) is 2.85. The molecule has 1 aliphatic rings. The Kier molecular flexibility index (Phi) is 4.50. The molecule has 5 heteroatoms. The summed E-state index contributed by atoms with van der Waals surface area (Å²) < 4.78 is 19.5. The third kappa shape index (κ3) is 3.04. The van der Waals surface area contributed by atoms with Gasteiger partial charge in [0.1, 0.15) is 5.82 Å². The standard InChI is InChI=1S/C12H16BrFN2O/c13-12-8(3-1-4-9(12)14)7-10(16-15)11-5-2-6-17-11/h1,3-4,10-11,16H,2,5-7,15H2. The van der Waals surface area contributed by atoms with Crippen LogP contribution in [0, 0.1) is 5.82 Å². The number of hydrogen-bond donors (Lipinski definition) is 2. The SMILES string of the molecule is NNC(Cc1cccc(F)c1Br)C1CCCO1. The van der Waals surface area contributed by atoms with Gasteiger partial charge in [0.05, 0.1) is 16.6 Å². The highest BCUT2D eigenvalue weighted by molar-refractivity contribution is 9.10. The number of nitrogens with two attached hydrogens (primary N) is 1. The lowest BCUT2D eigenvalue weighted by molar-refractivity contribution is 0.0784. The summed E-state index contributed by atoms with van der Waals surface area (Å²) >= 11 is 3.26. The Morgan fingerprint density at radius 2 is 2.41 bits per heavy atom. The zero-order valence-corrected chi connectivity index (χ0v) is 11.0. The average molecular weight is 303 g/mol. The molecule has 17 heavy (non-hydrogen) atoms. The van der Waals surface area contributed by atoms with E-state index in [2.05, 4.69) is 21.4 Å². The van der Waals surface area contributed by atoms with Crippen molar-refractivity contribution in [2.45, 2.75) is 31.4 Å². The smallest absolute Gasteiger partial charge is 0.137 e. The van der Waals surface area contributed by atoms with E-state index in [1.165, 1.54) is 6.07 Å². The van der Waals surface area contributed by atoms with Gasteiger partial charge in [-0.1, -0.05) is 12.1 Å². The van der Waals surface area contributed by atoms with Crippen molar-refractivity contribution < 1.29 is 9.13 Å². The van der Waals surface area contributed by atoms with Crippen molar-refractivity contribution in [1.29, 1.82) is 0 Å². The monoisotopic (exact) mass is 302 g/mol. The van der Waals surface area contributed by atoms with Crippen LogP contribution in [0.15, 0.2) is 22.7 Å². The van der Waals surface area contributed by atoms with Crippen molar-refractivity contribution in [1.82, 2.24) is 5.43 Å². The third-order valence-electron chi connectivity index (χ3n) is 3.10. The van der Waals surface area contributed by atoms with Crippen LogP contribution in [0.1, 0.15) is 18.4 Å². The molecule has 0 aliphatic carbocycles. The van der Waals surface area contributed by atoms with Gasteiger partial charge in [-0.05, 0) is 46.8 Å². The van der Waals surface area contributed by atoms with Crippen LogP contribution in [0.25, 0.3) is 0 Å². The maximum Gasteiger partial charge on any atom is 0.137 e. The Labute approximate surface area is 109 Å². The Balaban J connectivity index is 2.09. The summed E-state index contributed by atoms with van der Waals surface area (Å²) in [7, 11) is 0. The van der Waals surface area contributed by atoms with Gasteiger partial charge in [0.2, 0.25) is 0 Å². The molecule has 3 nitrogen and oxygen atoms in total. The molecule has 1 heterocycles. The zero-order valence-electron chi connectivity index (χ0n) is 9.46. The van der Waals surface area contributed by atoms with Crippen molar-refractivity contribution in [3.05, 3.63) is 34.1 Å². The van der Waals surface area contributed by atoms with Gasteiger partial charge in [-0.2, -0.15) is 0 Å². The molecule has 3 N–H and O–H groups in total. The van der Waals surface area contributed by atoms with Crippen molar-refractivity contribution in [2.24, 2.45) is 5.84 Å². The second-order valence-corrected chi connectivity index (χ2v) is 5.03. The zero-order chi connectivity index (χ0) is 12.3. The van der Waals surface area contributed by atoms with Crippen molar-refractivity contribution in [3.63, 3.8) is 0 Å². The predicted molar refractivity (Wildman–Crippen MR) is 67.9 cm³/mol. The molecule has 0 bridgehead atoms. The van der Waals surface area contributed by atoms with Crippen LogP contribution in [0.2, 0.25) is 0 Å². The molecule has 0 aromatic heterocycles. The minimum absolute atomic E-state index is 0.0237. The summed E-state index contributed by atoms with van der Waals surface area (Å²) in [5, 5.41) is 0. The van der Waals surface area contributed by atoms with Gasteiger partial charge in [-0.25, -0.2) is 4.39 Å². The largest absolute Gasteiger partial charge is 0.377 e. The van der Waals surface area contributed by atoms with Gasteiger partial charge >= 0.3 is 0 Å². The highest BCUT2D eigenvalue weighted by atomic mass is 79.9. The Morgan fingerprint density at radius 1 is 1.59 bits per heavy atom. The van der Waals surface area contributed by atoms with Gasteiger partial charge in [0.25, 0.3) is 0 Å². The fourth-order valence-electron chi connectivity index (χ4n) is 2.16. The van der Waals surface area contributed by atoms with Crippen LogP contribution < -0.4 is 11.3 Å². The van der Waals surface area contributed by atoms with Gasteiger partial charge < -0.3 is 4.74 Å². The number of ether oxygens (including phenoxy) is 1. The van der Waals surface area contributed by atoms with Crippen molar-refractivity contribution in [2.75, 3.05) is 6.61 Å².